The van der Waals surface area contributed by atoms with Gasteiger partial charge in [0.2, 0.25) is 0 Å². The molecule has 0 unspecified atom stereocenters. The van der Waals surface area contributed by atoms with Gasteiger partial charge >= 0.3 is 11.7 Å². The number of carbonyl (C=O) groups excluding carboxylic acids is 1. The number of nitrogens with zero attached hydrogens (tertiary/aromatic N) is 4. The van der Waals surface area contributed by atoms with E-state index >= 15 is 0 Å². The molecule has 9 nitrogen and oxygen atoms in total. The third-order valence-corrected chi connectivity index (χ3v) is 4.95. The zero-order valence-electron chi connectivity index (χ0n) is 18.3. The Balaban J connectivity index is 1.96. The van der Waals surface area contributed by atoms with Gasteiger partial charge in [0.25, 0.3) is 5.56 Å². The molecule has 2 aliphatic heterocycles. The standard InChI is InChI=1S/C22H27N5O4/c1-5-31-18(28)10-8-6-7-9-11-27-17-13-16(26(3)4)14(2)12-15(17)23-19-20(27)24-22(30)25-21(19)29/h8,10,12-13H,5-7,9,11H2,1-4H3,(H,25,29,30)/b10-8+. The topological polar surface area (TPSA) is 110 Å². The minimum atomic E-state index is -0.690. The van der Waals surface area contributed by atoms with E-state index in [2.05, 4.69) is 15.0 Å². The van der Waals surface area contributed by atoms with Gasteiger partial charge in [-0.05, 0) is 50.8 Å². The average molecular weight is 425 g/mol. The summed E-state index contributed by atoms with van der Waals surface area (Å²) >= 11 is 0. The van der Waals surface area contributed by atoms with Gasteiger partial charge in [0.05, 0.1) is 17.6 Å². The number of hydrogen-bond acceptors (Lipinski definition) is 7. The number of nitrogens with one attached hydrogen (secondary N) is 1. The monoisotopic (exact) mass is 425 g/mol. The van der Waals surface area contributed by atoms with Gasteiger partial charge in [0.1, 0.15) is 0 Å². The Morgan fingerprint density at radius 3 is 2.71 bits per heavy atom. The summed E-state index contributed by atoms with van der Waals surface area (Å²) in [7, 11) is 3.92. The third kappa shape index (κ3) is 4.99. The Morgan fingerprint density at radius 1 is 1.23 bits per heavy atom. The first-order valence-corrected chi connectivity index (χ1v) is 10.3. The summed E-state index contributed by atoms with van der Waals surface area (Å²) in [6.45, 7) is 4.66. The second-order valence-electron chi connectivity index (χ2n) is 7.48. The highest BCUT2D eigenvalue weighted by Crippen LogP contribution is 2.28. The molecule has 31 heavy (non-hydrogen) atoms. The first kappa shape index (κ1) is 22.2. The second kappa shape index (κ2) is 9.55. The van der Waals surface area contributed by atoms with Crippen LogP contribution in [0.25, 0.3) is 22.6 Å². The Morgan fingerprint density at radius 2 is 2.00 bits per heavy atom. The molecule has 1 aromatic rings. The maximum atomic E-state index is 12.4. The maximum Gasteiger partial charge on any atom is 0.349 e. The van der Waals surface area contributed by atoms with Crippen molar-refractivity contribution in [2.75, 3.05) is 25.6 Å². The van der Waals surface area contributed by atoms with E-state index in [-0.39, 0.29) is 17.5 Å². The zero-order valence-corrected chi connectivity index (χ0v) is 18.3. The highest BCUT2D eigenvalue weighted by molar-refractivity contribution is 5.84. The fourth-order valence-electron chi connectivity index (χ4n) is 3.54. The average Bonchev–Trinajstić information content (AvgIpc) is 2.70. The number of esters is 1. The number of aromatic nitrogens is 4. The van der Waals surface area contributed by atoms with Crippen LogP contribution in [0.3, 0.4) is 0 Å². The van der Waals surface area contributed by atoms with E-state index < -0.39 is 11.2 Å². The van der Waals surface area contributed by atoms with Crippen LogP contribution >= 0.6 is 0 Å². The molecule has 0 bridgehead atoms. The Kier molecular flexibility index (Phi) is 6.84. The number of rotatable bonds is 8. The fourth-order valence-corrected chi connectivity index (χ4v) is 3.54. The number of ether oxygens (including phenoxy) is 1. The van der Waals surface area contributed by atoms with Crippen LogP contribution in [0.1, 0.15) is 31.7 Å². The van der Waals surface area contributed by atoms with Crippen molar-refractivity contribution in [1.29, 1.82) is 0 Å². The van der Waals surface area contributed by atoms with Crippen LogP contribution in [-0.4, -0.2) is 46.2 Å². The SMILES string of the molecule is CCOC(=O)/C=C/CCCCn1c2nc(=O)[nH]c(=O)c-2nc2cc(C)c(N(C)C)cc21. The third-order valence-electron chi connectivity index (χ3n) is 4.95. The maximum absolute atomic E-state index is 12.4. The number of fused-ring (bicyclic) bond motifs is 2. The van der Waals surface area contributed by atoms with Crippen molar-refractivity contribution in [3.8, 4) is 11.5 Å². The number of aryl methyl sites for hydroxylation is 2. The molecule has 0 saturated carbocycles. The molecule has 0 radical (unpaired) electrons. The summed E-state index contributed by atoms with van der Waals surface area (Å²) in [5.74, 6) is -0.0714. The van der Waals surface area contributed by atoms with Crippen molar-refractivity contribution in [3.05, 3.63) is 50.7 Å². The van der Waals surface area contributed by atoms with E-state index in [1.54, 1.807) is 13.0 Å². The molecule has 0 spiro atoms. The molecule has 164 valence electrons. The zero-order chi connectivity index (χ0) is 22.5. The molecule has 0 amide bonds. The molecule has 2 heterocycles. The highest BCUT2D eigenvalue weighted by atomic mass is 16.5. The van der Waals surface area contributed by atoms with Gasteiger partial charge in [0, 0.05) is 32.4 Å². The molecular formula is C22H27N5O4. The minimum Gasteiger partial charge on any atom is -0.463 e. The number of unbranched alkanes of at least 4 members (excludes halogenated alkanes) is 2. The summed E-state index contributed by atoms with van der Waals surface area (Å²) in [6.07, 6.45) is 5.51. The second-order valence-corrected chi connectivity index (χ2v) is 7.48. The predicted molar refractivity (Wildman–Crippen MR) is 120 cm³/mol. The van der Waals surface area contributed by atoms with E-state index in [0.29, 0.717) is 25.1 Å². The van der Waals surface area contributed by atoms with Gasteiger partial charge < -0.3 is 14.2 Å². The smallest absolute Gasteiger partial charge is 0.349 e. The van der Waals surface area contributed by atoms with E-state index in [4.69, 9.17) is 4.74 Å². The first-order valence-electron chi connectivity index (χ1n) is 10.3. The molecule has 9 heteroatoms. The number of H-pyrrole nitrogens is 1. The Hall–Kier alpha value is -3.49. The van der Waals surface area contributed by atoms with Gasteiger partial charge in [-0.25, -0.2) is 14.6 Å². The molecule has 1 N–H and O–H groups in total. The van der Waals surface area contributed by atoms with Crippen molar-refractivity contribution < 1.29 is 9.53 Å². The molecule has 3 rings (SSSR count). The molecule has 0 fully saturated rings. The summed E-state index contributed by atoms with van der Waals surface area (Å²) in [5.41, 5.74) is 2.44. The fraction of sp³-hybridized carbons (Fsp3) is 0.409. The van der Waals surface area contributed by atoms with Crippen molar-refractivity contribution in [2.45, 2.75) is 39.7 Å². The van der Waals surface area contributed by atoms with E-state index in [0.717, 1.165) is 29.6 Å². The van der Waals surface area contributed by atoms with Crippen LogP contribution in [-0.2, 0) is 16.1 Å². The van der Waals surface area contributed by atoms with E-state index in [9.17, 15) is 14.4 Å². The molecule has 0 atom stereocenters. The lowest BCUT2D eigenvalue weighted by Gasteiger charge is -2.21. The van der Waals surface area contributed by atoms with Crippen molar-refractivity contribution in [2.24, 2.45) is 0 Å². The van der Waals surface area contributed by atoms with Crippen LogP contribution in [0.2, 0.25) is 0 Å². The lowest BCUT2D eigenvalue weighted by Crippen LogP contribution is -2.29. The van der Waals surface area contributed by atoms with Gasteiger partial charge in [-0.15, -0.1) is 0 Å². The van der Waals surface area contributed by atoms with Crippen LogP contribution < -0.4 is 16.1 Å². The Bertz CT molecular complexity index is 1210. The summed E-state index contributed by atoms with van der Waals surface area (Å²) in [5, 5.41) is 0. The molecule has 0 aromatic heterocycles. The van der Waals surface area contributed by atoms with E-state index in [1.807, 2.05) is 42.6 Å². The number of aromatic amines is 1. The summed E-state index contributed by atoms with van der Waals surface area (Å²) < 4.78 is 6.75. The van der Waals surface area contributed by atoms with Crippen LogP contribution in [0.4, 0.5) is 5.69 Å². The number of carbonyl (C=O) groups is 1. The predicted octanol–water partition coefficient (Wildman–Crippen LogP) is 2.25. The van der Waals surface area contributed by atoms with Gasteiger partial charge in [-0.1, -0.05) is 6.08 Å². The normalized spacial score (nSPS) is 11.5. The van der Waals surface area contributed by atoms with Crippen molar-refractivity contribution in [1.82, 2.24) is 19.5 Å². The molecule has 1 aromatic carbocycles. The number of allylic oxidation sites excluding steroid dienone is 1. The first-order chi connectivity index (χ1) is 14.8. The number of hydrogen-bond donors (Lipinski definition) is 1. The molecule has 0 aliphatic carbocycles. The van der Waals surface area contributed by atoms with Crippen molar-refractivity contribution >= 4 is 22.7 Å². The largest absolute Gasteiger partial charge is 0.463 e. The minimum absolute atomic E-state index is 0.145. The van der Waals surface area contributed by atoms with Crippen LogP contribution in [0.5, 0.6) is 0 Å². The van der Waals surface area contributed by atoms with Crippen molar-refractivity contribution in [3.63, 3.8) is 0 Å². The number of benzene rings is 1. The number of anilines is 1. The van der Waals surface area contributed by atoms with Crippen LogP contribution in [0.15, 0.2) is 33.9 Å². The quantitative estimate of drug-likeness (QED) is 0.255. The lowest BCUT2D eigenvalue weighted by atomic mass is 10.1. The molecule has 0 saturated heterocycles. The molecule has 2 aliphatic rings. The summed E-state index contributed by atoms with van der Waals surface area (Å²) in [4.78, 5) is 48.3. The lowest BCUT2D eigenvalue weighted by molar-refractivity contribution is -0.137. The highest BCUT2D eigenvalue weighted by Gasteiger charge is 2.19. The summed E-state index contributed by atoms with van der Waals surface area (Å²) in [6, 6.07) is 3.94. The van der Waals surface area contributed by atoms with Crippen LogP contribution in [0, 0.1) is 6.92 Å². The van der Waals surface area contributed by atoms with Gasteiger partial charge in [0.15, 0.2) is 11.5 Å². The van der Waals surface area contributed by atoms with E-state index in [1.165, 1.54) is 6.08 Å². The van der Waals surface area contributed by atoms with Gasteiger partial charge in [-0.2, -0.15) is 4.98 Å². The molecular weight excluding hydrogens is 398 g/mol. The Labute approximate surface area is 179 Å². The van der Waals surface area contributed by atoms with Gasteiger partial charge in [-0.3, -0.25) is 9.78 Å².